The zero-order chi connectivity index (χ0) is 88.3. The van der Waals surface area contributed by atoms with Crippen molar-refractivity contribution in [2.45, 2.75) is 213 Å². The Balaban J connectivity index is 0.000000323. The molecule has 651 valence electrons. The predicted octanol–water partition coefficient (Wildman–Crippen LogP) is 29.4. The maximum atomic E-state index is 11.5. The van der Waals surface area contributed by atoms with Crippen molar-refractivity contribution in [2.75, 3.05) is 0 Å². The quantitative estimate of drug-likeness (QED) is 0.0518. The molecular weight excluding hydrogens is 2040 g/mol. The number of aryl methyl sites for hydroxylation is 8. The van der Waals surface area contributed by atoms with Gasteiger partial charge < -0.3 is 15.3 Å². The van der Waals surface area contributed by atoms with E-state index < -0.39 is 10.8 Å². The largest absolute Gasteiger partial charge is 0.512 e. The third kappa shape index (κ3) is 32.8. The van der Waals surface area contributed by atoms with Crippen LogP contribution in [0.1, 0.15) is 200 Å². The summed E-state index contributed by atoms with van der Waals surface area (Å²) >= 11 is 0. The Hall–Kier alpha value is -9.21. The van der Waals surface area contributed by atoms with Gasteiger partial charge in [0, 0.05) is 116 Å². The molecule has 0 saturated heterocycles. The number of rotatable bonds is 15. The van der Waals surface area contributed by atoms with Crippen molar-refractivity contribution in [1.82, 2.24) is 15.0 Å². The fourth-order valence-electron chi connectivity index (χ4n) is 13.3. The number of aromatic nitrogens is 3. The molecule has 9 nitrogen and oxygen atoms in total. The van der Waals surface area contributed by atoms with Gasteiger partial charge >= 0.3 is 0 Å². The number of carbonyl (C=O) groups is 3. The van der Waals surface area contributed by atoms with Crippen LogP contribution in [-0.2, 0) is 94.0 Å². The minimum atomic E-state index is -0.417. The van der Waals surface area contributed by atoms with Crippen LogP contribution in [0.15, 0.2) is 224 Å². The molecule has 0 amide bonds. The summed E-state index contributed by atoms with van der Waals surface area (Å²) in [6, 6.07) is 78.3. The number of hydrogen-bond acceptors (Lipinski definition) is 9. The first-order valence-electron chi connectivity index (χ1n) is 41.8. The van der Waals surface area contributed by atoms with E-state index in [0.717, 1.165) is 86.3 Å². The molecule has 0 saturated carbocycles. The van der Waals surface area contributed by atoms with E-state index in [-0.39, 0.29) is 106 Å². The zero-order valence-electron chi connectivity index (χ0n) is 77.4. The molecule has 0 aliphatic heterocycles. The topological polar surface area (TPSA) is 151 Å². The number of carbonyl (C=O) groups excluding carboxylic acids is 3. The van der Waals surface area contributed by atoms with Crippen LogP contribution in [0, 0.1) is 113 Å². The molecule has 0 atom stereocenters. The molecule has 12 heteroatoms. The van der Waals surface area contributed by atoms with Crippen LogP contribution >= 0.6 is 0 Å². The van der Waals surface area contributed by atoms with Gasteiger partial charge in [0.05, 0.1) is 22.3 Å². The first-order valence-corrected chi connectivity index (χ1v) is 41.8. The normalized spacial score (nSPS) is 11.7. The summed E-state index contributed by atoms with van der Waals surface area (Å²) in [6.07, 6.45) is 6.94. The molecule has 0 unspecified atom stereocenters. The van der Waals surface area contributed by atoms with E-state index in [1.54, 1.807) is 0 Å². The molecule has 0 aliphatic carbocycles. The average molecular weight is 2170 g/mol. The molecule has 12 rings (SSSR count). The predicted molar refractivity (Wildman–Crippen MR) is 504 cm³/mol. The summed E-state index contributed by atoms with van der Waals surface area (Å²) in [5.74, 6) is 1.90. The van der Waals surface area contributed by atoms with Crippen LogP contribution in [0.25, 0.3) is 99.9 Å². The fourth-order valence-corrected chi connectivity index (χ4v) is 13.3. The Kier molecular flexibility index (Phi) is 40.1. The maximum absolute atomic E-state index is 11.5. The average Bonchev–Trinajstić information content (AvgIpc) is 0.787. The molecule has 122 heavy (non-hydrogen) atoms. The summed E-state index contributed by atoms with van der Waals surface area (Å²) in [4.78, 5) is 48.0. The van der Waals surface area contributed by atoms with Crippen LogP contribution < -0.4 is 0 Å². The molecule has 3 N–H and O–H groups in total. The molecule has 0 aliphatic rings. The fraction of sp³-hybridized carbons (Fsp3) is 0.345. The number of benzene rings is 9. The van der Waals surface area contributed by atoms with Gasteiger partial charge in [-0.1, -0.05) is 293 Å². The van der Waals surface area contributed by atoms with Crippen LogP contribution in [0.2, 0.25) is 0 Å². The van der Waals surface area contributed by atoms with Crippen molar-refractivity contribution in [3.63, 3.8) is 0 Å². The van der Waals surface area contributed by atoms with Crippen LogP contribution in [0.5, 0.6) is 0 Å². The Bertz CT molecular complexity index is 5320. The Labute approximate surface area is 771 Å². The number of pyridine rings is 3. The van der Waals surface area contributed by atoms with E-state index in [1.165, 1.54) is 126 Å². The standard InChI is InChI=1S/2C28H28N.C27H26N.2C11H20O2.C5H8O2.3Ir/c2*1-18(2)12-24-17-28(25-14-20(4)13-21(5)15-25)29-27-11-10-23(16-26(24)27)22-8-6-19(3)7-9-22;1-18(2)12-23-17-27(24-14-19(3)13-20(4)15-24)28-26-11-10-22(16-25(23)26)21-8-6-5-7-9-21;2*1-10(2,3)8(12)7-9(13)11(4,5)6;1-4(6)3-5(2)7;;;/h2*6-11,13-14,16-18H,12H2,1-5H3;5-11,13-14,16-18H,12H2,1-4H3;2*7,12H,1-6H3;3,6H,1-2H3;;;/q3*-1;;;;;;/b;;;;;4-3-;;;. The van der Waals surface area contributed by atoms with E-state index >= 15 is 0 Å². The maximum Gasteiger partial charge on any atom is 0.164 e. The van der Waals surface area contributed by atoms with Gasteiger partial charge in [0.25, 0.3) is 0 Å². The molecule has 9 aromatic carbocycles. The number of fused-ring (bicyclic) bond motifs is 3. The second-order valence-corrected chi connectivity index (χ2v) is 37.5. The summed E-state index contributed by atoms with van der Waals surface area (Å²) < 4.78 is 0. The Morgan fingerprint density at radius 1 is 0.328 bits per heavy atom. The Morgan fingerprint density at radius 2 is 0.590 bits per heavy atom. The van der Waals surface area contributed by atoms with Gasteiger partial charge in [-0.2, -0.15) is 0 Å². The van der Waals surface area contributed by atoms with Crippen molar-refractivity contribution in [3.8, 4) is 67.2 Å². The molecule has 0 spiro atoms. The summed E-state index contributed by atoms with van der Waals surface area (Å²) in [5.41, 5.74) is 29.3. The molecule has 12 aromatic rings. The second-order valence-electron chi connectivity index (χ2n) is 37.5. The number of nitrogens with zero attached hydrogens (tertiary/aromatic N) is 3. The summed E-state index contributed by atoms with van der Waals surface area (Å²) in [5, 5.41) is 31.2. The number of aliphatic hydroxyl groups is 3. The molecule has 0 bridgehead atoms. The minimum absolute atomic E-state index is 0. The van der Waals surface area contributed by atoms with Crippen LogP contribution in [-0.4, -0.2) is 47.6 Å². The number of aliphatic hydroxyl groups excluding tert-OH is 3. The van der Waals surface area contributed by atoms with Crippen molar-refractivity contribution in [3.05, 3.63) is 303 Å². The third-order valence-corrected chi connectivity index (χ3v) is 19.7. The van der Waals surface area contributed by atoms with E-state index in [9.17, 15) is 24.6 Å². The molecule has 3 radical (unpaired) electrons. The third-order valence-electron chi connectivity index (χ3n) is 19.7. The first-order chi connectivity index (χ1) is 55.5. The molecule has 0 fully saturated rings. The zero-order valence-corrected chi connectivity index (χ0v) is 84.6. The monoisotopic (exact) mass is 2170 g/mol. The number of allylic oxidation sites excluding steroid dienone is 6. The van der Waals surface area contributed by atoms with E-state index in [1.807, 2.05) is 83.1 Å². The smallest absolute Gasteiger partial charge is 0.164 e. The first kappa shape index (κ1) is 105. The molecular formula is C110H130Ir3N3O6-3. The van der Waals surface area contributed by atoms with E-state index in [2.05, 4.69) is 303 Å². The molecule has 3 heterocycles. The van der Waals surface area contributed by atoms with Crippen molar-refractivity contribution >= 4 is 50.1 Å². The van der Waals surface area contributed by atoms with E-state index in [4.69, 9.17) is 20.1 Å². The van der Waals surface area contributed by atoms with Gasteiger partial charge in [-0.05, 0) is 168 Å². The SMILES string of the molecule is CC(=O)/C=C(/C)O.CC(C)(C)C(=O)C=C(O)C(C)(C)C.CC(C)(C)C(=O)C=C(O)C(C)(C)C.Cc1[c-]c(-c2cc(CC(C)C)c3cc(-c4ccc(C)cc4)ccc3n2)cc(C)c1.Cc1[c-]c(-c2cc(CC(C)C)c3cc(-c4ccc(C)cc4)ccc3n2)cc(C)c1.Cc1[c-]c(-c2cc(CC(C)C)c3cc(-c4ccccc4)ccc3n2)cc(C)c1.[Ir].[Ir].[Ir]. The number of hydrogen-bond donors (Lipinski definition) is 3. The molecule has 3 aromatic heterocycles. The van der Waals surface area contributed by atoms with Crippen molar-refractivity contribution in [1.29, 1.82) is 0 Å². The van der Waals surface area contributed by atoms with Gasteiger partial charge in [0.2, 0.25) is 0 Å². The van der Waals surface area contributed by atoms with Crippen molar-refractivity contribution in [2.24, 2.45) is 39.4 Å². The van der Waals surface area contributed by atoms with Gasteiger partial charge in [0.15, 0.2) is 17.3 Å². The second kappa shape index (κ2) is 46.5. The minimum Gasteiger partial charge on any atom is -0.512 e. The van der Waals surface area contributed by atoms with E-state index in [0.29, 0.717) is 17.8 Å². The van der Waals surface area contributed by atoms with Gasteiger partial charge in [-0.3, -0.25) is 29.3 Å². The van der Waals surface area contributed by atoms with Gasteiger partial charge in [-0.15, -0.1) is 105 Å². The van der Waals surface area contributed by atoms with Crippen LogP contribution in [0.4, 0.5) is 0 Å². The Morgan fingerprint density at radius 3 is 0.811 bits per heavy atom. The van der Waals surface area contributed by atoms with Gasteiger partial charge in [0.1, 0.15) is 11.5 Å². The summed E-state index contributed by atoms with van der Waals surface area (Å²) in [6.45, 7) is 55.7. The van der Waals surface area contributed by atoms with Crippen LogP contribution in [0.3, 0.4) is 0 Å². The summed E-state index contributed by atoms with van der Waals surface area (Å²) in [7, 11) is 0. The van der Waals surface area contributed by atoms with Crippen molar-refractivity contribution < 1.29 is 90.0 Å². The number of ketones is 3. The van der Waals surface area contributed by atoms with Gasteiger partial charge in [-0.25, -0.2) is 0 Å².